The Morgan fingerprint density at radius 3 is 0.923 bits per heavy atom. The molecule has 0 N–H and O–H groups in total. The van der Waals surface area contributed by atoms with Gasteiger partial charge in [-0.15, -0.1) is 0 Å². The maximum absolute atomic E-state index is 2.66. The second-order valence-electron chi connectivity index (χ2n) is 17.3. The first-order chi connectivity index (χ1) is 25.8. The average molecular weight is 728 g/mol. The molecule has 0 aliphatic rings. The summed E-state index contributed by atoms with van der Waals surface area (Å²) in [5, 5.41) is 0. The van der Waals surface area contributed by atoms with Gasteiger partial charge in [-0.2, -0.15) is 0 Å². The van der Waals surface area contributed by atoms with Crippen LogP contribution in [-0.4, -0.2) is 4.57 Å². The van der Waals surface area contributed by atoms with E-state index < -0.39 is 0 Å². The van der Waals surface area contributed by atoms with E-state index in [1.807, 2.05) is 0 Å². The van der Waals surface area contributed by atoms with Gasteiger partial charge in [-0.25, -0.2) is 9.13 Å². The first-order valence-corrected chi connectivity index (χ1v) is 24.9. The molecule has 1 rings (SSSR count). The fraction of sp³-hybridized carbons (Fsp3) is 0.940. The molecule has 2 nitrogen and oxygen atoms in total. The van der Waals surface area contributed by atoms with Crippen molar-refractivity contribution in [1.82, 2.24) is 4.57 Å². The number of nitrogens with zero attached hydrogens (tertiary/aromatic N) is 2. The summed E-state index contributed by atoms with van der Waals surface area (Å²) < 4.78 is 5.31. The van der Waals surface area contributed by atoms with Crippen LogP contribution in [0.25, 0.3) is 0 Å². The fourth-order valence-corrected chi connectivity index (χ4v) is 8.45. The molecule has 0 aliphatic carbocycles. The lowest BCUT2D eigenvalue weighted by Crippen LogP contribution is -2.37. The van der Waals surface area contributed by atoms with E-state index in [0.717, 1.165) is 0 Å². The molecule has 0 bridgehead atoms. The zero-order chi connectivity index (χ0) is 37.3. The van der Waals surface area contributed by atoms with E-state index in [0.29, 0.717) is 0 Å². The predicted molar refractivity (Wildman–Crippen MR) is 235 cm³/mol. The Kier molecular flexibility index (Phi) is 39.2. The van der Waals surface area contributed by atoms with Crippen molar-refractivity contribution >= 4 is 0 Å². The lowest BCUT2D eigenvalue weighted by atomic mass is 10.0. The largest absolute Gasteiger partial charge is 0.256 e. The first kappa shape index (κ1) is 49.2. The summed E-state index contributed by atoms with van der Waals surface area (Å²) in [4.78, 5) is 0. The summed E-state index contributed by atoms with van der Waals surface area (Å²) >= 11 is 0. The van der Waals surface area contributed by atoms with E-state index in [1.165, 1.54) is 283 Å². The van der Waals surface area contributed by atoms with Crippen LogP contribution in [0.4, 0.5) is 0 Å². The van der Waals surface area contributed by atoms with Crippen LogP contribution < -0.4 is 4.57 Å². The molecule has 0 saturated heterocycles. The van der Waals surface area contributed by atoms with Crippen LogP contribution in [0, 0.1) is 0 Å². The van der Waals surface area contributed by atoms with Crippen molar-refractivity contribution < 1.29 is 4.57 Å². The molecule has 2 heteroatoms. The molecule has 0 saturated carbocycles. The number of imidazole rings is 1. The van der Waals surface area contributed by atoms with Gasteiger partial charge in [0.1, 0.15) is 12.4 Å². The van der Waals surface area contributed by atoms with Crippen LogP contribution >= 0.6 is 0 Å². The minimum absolute atomic E-state index is 1.23. The third-order valence-corrected chi connectivity index (χ3v) is 12.1. The molecular weight excluding hydrogens is 629 g/mol. The standard InChI is InChI=1S/C50H99N2/c1-4-7-10-13-16-19-22-24-25-26-27-28-30-33-36-39-42-45-50-51(46-43-40-37-34-31-21-18-15-12-9-6-3)48-49-52(50)47-44-41-38-35-32-29-23-20-17-14-11-8-5-2/h48-49H,4-47H2,1-3H3/q+1. The van der Waals surface area contributed by atoms with Gasteiger partial charge in [0.25, 0.3) is 5.82 Å². The van der Waals surface area contributed by atoms with E-state index >= 15 is 0 Å². The smallest absolute Gasteiger partial charge is 0.234 e. The van der Waals surface area contributed by atoms with Gasteiger partial charge in [0.15, 0.2) is 0 Å². The lowest BCUT2D eigenvalue weighted by Gasteiger charge is -2.07. The maximum Gasteiger partial charge on any atom is 0.256 e. The van der Waals surface area contributed by atoms with Gasteiger partial charge < -0.3 is 0 Å². The molecule has 1 aromatic heterocycles. The van der Waals surface area contributed by atoms with Gasteiger partial charge in [-0.1, -0.05) is 252 Å². The van der Waals surface area contributed by atoms with Gasteiger partial charge >= 0.3 is 0 Å². The summed E-state index contributed by atoms with van der Waals surface area (Å²) in [6.07, 6.45) is 65.3. The van der Waals surface area contributed by atoms with Crippen LogP contribution in [0.15, 0.2) is 12.4 Å². The second-order valence-corrected chi connectivity index (χ2v) is 17.3. The van der Waals surface area contributed by atoms with Crippen LogP contribution in [0.5, 0.6) is 0 Å². The molecule has 1 aromatic rings. The highest BCUT2D eigenvalue weighted by Gasteiger charge is 2.16. The number of hydrogen-bond donors (Lipinski definition) is 0. The van der Waals surface area contributed by atoms with Crippen molar-refractivity contribution in [3.8, 4) is 0 Å². The van der Waals surface area contributed by atoms with E-state index in [1.54, 1.807) is 5.82 Å². The molecule has 1 heterocycles. The number of aryl methyl sites for hydroxylation is 2. The Bertz CT molecular complexity index is 796. The van der Waals surface area contributed by atoms with Crippen molar-refractivity contribution in [2.24, 2.45) is 0 Å². The summed E-state index contributed by atoms with van der Waals surface area (Å²) in [6.45, 7) is 9.42. The zero-order valence-corrected chi connectivity index (χ0v) is 36.7. The summed E-state index contributed by atoms with van der Waals surface area (Å²) in [7, 11) is 0. The summed E-state index contributed by atoms with van der Waals surface area (Å²) in [6, 6.07) is 0. The number of aromatic nitrogens is 2. The van der Waals surface area contributed by atoms with Gasteiger partial charge in [0.05, 0.1) is 13.1 Å². The molecule has 0 spiro atoms. The number of unbranched alkanes of at least 4 members (excludes halogenated alkanes) is 38. The van der Waals surface area contributed by atoms with E-state index in [4.69, 9.17) is 0 Å². The Balaban J connectivity index is 2.24. The fourth-order valence-electron chi connectivity index (χ4n) is 8.45. The van der Waals surface area contributed by atoms with Crippen molar-refractivity contribution in [3.05, 3.63) is 18.2 Å². The van der Waals surface area contributed by atoms with E-state index in [2.05, 4.69) is 42.3 Å². The Morgan fingerprint density at radius 1 is 0.327 bits per heavy atom. The topological polar surface area (TPSA) is 8.81 Å². The zero-order valence-electron chi connectivity index (χ0n) is 36.7. The molecule has 308 valence electrons. The molecule has 0 fully saturated rings. The van der Waals surface area contributed by atoms with Crippen LogP contribution in [0.3, 0.4) is 0 Å². The van der Waals surface area contributed by atoms with Crippen molar-refractivity contribution in [3.63, 3.8) is 0 Å². The molecule has 0 aliphatic heterocycles. The third kappa shape index (κ3) is 32.6. The van der Waals surface area contributed by atoms with Crippen molar-refractivity contribution in [2.45, 2.75) is 304 Å². The van der Waals surface area contributed by atoms with Gasteiger partial charge in [-0.05, 0) is 32.1 Å². The van der Waals surface area contributed by atoms with Crippen molar-refractivity contribution in [1.29, 1.82) is 0 Å². The van der Waals surface area contributed by atoms with Gasteiger partial charge in [-0.3, -0.25) is 0 Å². The monoisotopic (exact) mass is 728 g/mol. The molecule has 0 unspecified atom stereocenters. The Morgan fingerprint density at radius 2 is 0.596 bits per heavy atom. The normalized spacial score (nSPS) is 11.7. The number of rotatable bonds is 44. The quantitative estimate of drug-likeness (QED) is 0.0467. The Hall–Kier alpha value is -0.790. The molecule has 0 atom stereocenters. The minimum atomic E-state index is 1.23. The van der Waals surface area contributed by atoms with E-state index in [-0.39, 0.29) is 0 Å². The molecule has 0 amide bonds. The van der Waals surface area contributed by atoms with Crippen LogP contribution in [0.2, 0.25) is 0 Å². The second kappa shape index (κ2) is 41.4. The lowest BCUT2D eigenvalue weighted by molar-refractivity contribution is -0.704. The predicted octanol–water partition coefficient (Wildman–Crippen LogP) is 17.4. The first-order valence-electron chi connectivity index (χ1n) is 24.9. The van der Waals surface area contributed by atoms with Crippen LogP contribution in [-0.2, 0) is 19.5 Å². The highest BCUT2D eigenvalue weighted by atomic mass is 15.1. The van der Waals surface area contributed by atoms with Crippen LogP contribution in [0.1, 0.15) is 290 Å². The third-order valence-electron chi connectivity index (χ3n) is 12.1. The highest BCUT2D eigenvalue weighted by molar-refractivity contribution is 4.84. The summed E-state index contributed by atoms with van der Waals surface area (Å²) in [5.41, 5.74) is 0. The molecule has 52 heavy (non-hydrogen) atoms. The number of hydrogen-bond acceptors (Lipinski definition) is 0. The molecular formula is C50H99N2+. The highest BCUT2D eigenvalue weighted by Crippen LogP contribution is 2.17. The maximum atomic E-state index is 2.66. The molecule has 0 radical (unpaired) electrons. The van der Waals surface area contributed by atoms with Gasteiger partial charge in [0, 0.05) is 6.42 Å². The van der Waals surface area contributed by atoms with E-state index in [9.17, 15) is 0 Å². The molecule has 0 aromatic carbocycles. The van der Waals surface area contributed by atoms with Gasteiger partial charge in [0.2, 0.25) is 0 Å². The van der Waals surface area contributed by atoms with Crippen molar-refractivity contribution in [2.75, 3.05) is 0 Å². The SMILES string of the molecule is CCCCCCCCCCCCCCCCCCCc1n(CCCCCCCCCCCCCCC)cc[n+]1CCCCCCCCCCCCC. The Labute approximate surface area is 329 Å². The minimum Gasteiger partial charge on any atom is -0.234 e. The average Bonchev–Trinajstić information content (AvgIpc) is 3.54. The summed E-state index contributed by atoms with van der Waals surface area (Å²) in [5.74, 6) is 1.63.